The van der Waals surface area contributed by atoms with Crippen molar-refractivity contribution in [1.82, 2.24) is 4.90 Å². The summed E-state index contributed by atoms with van der Waals surface area (Å²) in [5, 5.41) is 18.0. The molecule has 0 radical (unpaired) electrons. The summed E-state index contributed by atoms with van der Waals surface area (Å²) in [6.07, 6.45) is 0. The molecule has 96 valence electrons. The average molecular weight is 253 g/mol. The lowest BCUT2D eigenvalue weighted by molar-refractivity contribution is 0.0302. The molecule has 1 aromatic carbocycles. The topological polar surface area (TPSA) is 70.0 Å². The Balaban J connectivity index is 2.23. The molecule has 1 aliphatic heterocycles. The number of rotatable bonds is 2. The second-order valence-corrected chi connectivity index (χ2v) is 4.05. The Bertz CT molecular complexity index is 449. The fourth-order valence-corrected chi connectivity index (χ4v) is 1.83. The first-order valence-electron chi connectivity index (χ1n) is 5.61. The number of morpholine rings is 1. The highest BCUT2D eigenvalue weighted by atomic mass is 19.1. The van der Waals surface area contributed by atoms with Crippen molar-refractivity contribution in [1.29, 1.82) is 0 Å². The van der Waals surface area contributed by atoms with Crippen LogP contribution in [0.5, 0.6) is 0 Å². The minimum absolute atomic E-state index is 0.0355. The molecule has 2 N–H and O–H groups in total. The van der Waals surface area contributed by atoms with Crippen LogP contribution in [0, 0.1) is 5.82 Å². The largest absolute Gasteiger partial charge is 0.488 e. The summed E-state index contributed by atoms with van der Waals surface area (Å²) in [6, 6.07) is 3.36. The Hall–Kier alpha value is -1.44. The average Bonchev–Trinajstić information content (AvgIpc) is 2.38. The minimum Gasteiger partial charge on any atom is -0.423 e. The van der Waals surface area contributed by atoms with Crippen molar-refractivity contribution in [3.05, 3.63) is 29.6 Å². The highest BCUT2D eigenvalue weighted by Crippen LogP contribution is 2.08. The van der Waals surface area contributed by atoms with Crippen LogP contribution in [0.15, 0.2) is 18.2 Å². The molecule has 0 saturated carbocycles. The fraction of sp³-hybridized carbons (Fsp3) is 0.364. The van der Waals surface area contributed by atoms with Crippen LogP contribution in [0.3, 0.4) is 0 Å². The van der Waals surface area contributed by atoms with Crippen molar-refractivity contribution in [2.75, 3.05) is 26.3 Å². The molecule has 0 spiro atoms. The highest BCUT2D eigenvalue weighted by Gasteiger charge is 2.21. The van der Waals surface area contributed by atoms with Crippen molar-refractivity contribution >= 4 is 18.5 Å². The van der Waals surface area contributed by atoms with E-state index in [4.69, 9.17) is 14.8 Å². The van der Waals surface area contributed by atoms with Crippen molar-refractivity contribution in [2.24, 2.45) is 0 Å². The standard InChI is InChI=1S/C11H13BFNO4/c13-10-6-8(5-9(7-10)12(16)17)11(15)14-1-3-18-4-2-14/h5-7,16-17H,1-4H2. The smallest absolute Gasteiger partial charge is 0.423 e. The summed E-state index contributed by atoms with van der Waals surface area (Å²) in [5.41, 5.74) is 0.0756. The Labute approximate surface area is 104 Å². The minimum atomic E-state index is -1.79. The van der Waals surface area contributed by atoms with E-state index in [1.807, 2.05) is 0 Å². The summed E-state index contributed by atoms with van der Waals surface area (Å²) in [4.78, 5) is 13.6. The Morgan fingerprint density at radius 1 is 1.28 bits per heavy atom. The molecule has 0 unspecified atom stereocenters. The summed E-state index contributed by atoms with van der Waals surface area (Å²) in [6.45, 7) is 1.81. The number of carbonyl (C=O) groups excluding carboxylic acids is 1. The maximum atomic E-state index is 13.3. The van der Waals surface area contributed by atoms with Gasteiger partial charge in [0.25, 0.3) is 5.91 Å². The van der Waals surface area contributed by atoms with E-state index in [9.17, 15) is 9.18 Å². The van der Waals surface area contributed by atoms with Gasteiger partial charge in [-0.1, -0.05) is 0 Å². The van der Waals surface area contributed by atoms with Gasteiger partial charge in [0.05, 0.1) is 13.2 Å². The zero-order chi connectivity index (χ0) is 13.1. The van der Waals surface area contributed by atoms with E-state index in [2.05, 4.69) is 0 Å². The second kappa shape index (κ2) is 5.47. The van der Waals surface area contributed by atoms with Crippen LogP contribution in [-0.4, -0.2) is 54.3 Å². The molecule has 0 atom stereocenters. The Morgan fingerprint density at radius 2 is 1.94 bits per heavy atom. The third-order valence-electron chi connectivity index (χ3n) is 2.76. The number of ether oxygens (including phenoxy) is 1. The van der Waals surface area contributed by atoms with Crippen LogP contribution in [0.25, 0.3) is 0 Å². The predicted molar refractivity (Wildman–Crippen MR) is 62.9 cm³/mol. The van der Waals surface area contributed by atoms with E-state index in [-0.39, 0.29) is 16.9 Å². The third-order valence-corrected chi connectivity index (χ3v) is 2.76. The van der Waals surface area contributed by atoms with Gasteiger partial charge >= 0.3 is 7.12 Å². The van der Waals surface area contributed by atoms with Gasteiger partial charge in [0.1, 0.15) is 5.82 Å². The van der Waals surface area contributed by atoms with E-state index >= 15 is 0 Å². The van der Waals surface area contributed by atoms with Gasteiger partial charge in [-0.25, -0.2) is 4.39 Å². The summed E-state index contributed by atoms with van der Waals surface area (Å²) in [5.74, 6) is -1.00. The molecule has 1 aliphatic rings. The van der Waals surface area contributed by atoms with E-state index in [1.54, 1.807) is 4.90 Å². The van der Waals surface area contributed by atoms with E-state index in [0.717, 1.165) is 12.1 Å². The quantitative estimate of drug-likeness (QED) is 0.662. The Kier molecular flexibility index (Phi) is 3.95. The molecule has 1 heterocycles. The van der Waals surface area contributed by atoms with Gasteiger partial charge in [0, 0.05) is 18.7 Å². The van der Waals surface area contributed by atoms with Crippen LogP contribution in [0.2, 0.25) is 0 Å². The van der Waals surface area contributed by atoms with Crippen molar-refractivity contribution < 1.29 is 24.0 Å². The van der Waals surface area contributed by atoms with Crippen LogP contribution in [-0.2, 0) is 4.74 Å². The van der Waals surface area contributed by atoms with Crippen LogP contribution < -0.4 is 5.46 Å². The van der Waals surface area contributed by atoms with Gasteiger partial charge in [-0.2, -0.15) is 0 Å². The van der Waals surface area contributed by atoms with Gasteiger partial charge < -0.3 is 19.7 Å². The van der Waals surface area contributed by atoms with Gasteiger partial charge in [-0.05, 0) is 23.7 Å². The van der Waals surface area contributed by atoms with Gasteiger partial charge in [-0.15, -0.1) is 0 Å². The highest BCUT2D eigenvalue weighted by molar-refractivity contribution is 6.58. The van der Waals surface area contributed by atoms with E-state index in [1.165, 1.54) is 6.07 Å². The second-order valence-electron chi connectivity index (χ2n) is 4.05. The monoisotopic (exact) mass is 253 g/mol. The number of halogens is 1. The van der Waals surface area contributed by atoms with Crippen LogP contribution >= 0.6 is 0 Å². The van der Waals surface area contributed by atoms with E-state index in [0.29, 0.717) is 26.3 Å². The fourth-order valence-electron chi connectivity index (χ4n) is 1.83. The molecule has 18 heavy (non-hydrogen) atoms. The number of amides is 1. The summed E-state index contributed by atoms with van der Waals surface area (Å²) >= 11 is 0. The predicted octanol–water partition coefficient (Wildman–Crippen LogP) is -1.02. The normalized spacial score (nSPS) is 15.6. The number of carbonyl (C=O) groups is 1. The molecule has 0 aliphatic carbocycles. The number of benzene rings is 1. The van der Waals surface area contributed by atoms with Gasteiger partial charge in [0.2, 0.25) is 0 Å². The molecule has 7 heteroatoms. The van der Waals surface area contributed by atoms with Gasteiger partial charge in [-0.3, -0.25) is 4.79 Å². The first-order chi connectivity index (χ1) is 8.58. The Morgan fingerprint density at radius 3 is 2.56 bits per heavy atom. The van der Waals surface area contributed by atoms with Gasteiger partial charge in [0.15, 0.2) is 0 Å². The third kappa shape index (κ3) is 2.87. The van der Waals surface area contributed by atoms with Crippen LogP contribution in [0.4, 0.5) is 4.39 Å². The molecule has 0 bridgehead atoms. The molecule has 1 amide bonds. The first kappa shape index (κ1) is 13.0. The molecule has 2 rings (SSSR count). The van der Waals surface area contributed by atoms with E-state index < -0.39 is 12.9 Å². The first-order valence-corrected chi connectivity index (χ1v) is 5.61. The molecule has 1 aromatic rings. The zero-order valence-electron chi connectivity index (χ0n) is 9.67. The summed E-state index contributed by atoms with van der Waals surface area (Å²) < 4.78 is 18.4. The molecular weight excluding hydrogens is 240 g/mol. The molecule has 1 saturated heterocycles. The number of hydrogen-bond donors (Lipinski definition) is 2. The molecule has 5 nitrogen and oxygen atoms in total. The molecular formula is C11H13BFNO4. The summed E-state index contributed by atoms with van der Waals surface area (Å²) in [7, 11) is -1.79. The molecule has 0 aromatic heterocycles. The van der Waals surface area contributed by atoms with Crippen molar-refractivity contribution in [3.63, 3.8) is 0 Å². The number of nitrogens with zero attached hydrogens (tertiary/aromatic N) is 1. The van der Waals surface area contributed by atoms with Crippen LogP contribution in [0.1, 0.15) is 10.4 Å². The molecule has 1 fully saturated rings. The lowest BCUT2D eigenvalue weighted by Gasteiger charge is -2.27. The SMILES string of the molecule is O=C(c1cc(F)cc(B(O)O)c1)N1CCOCC1. The van der Waals surface area contributed by atoms with Crippen molar-refractivity contribution in [2.45, 2.75) is 0 Å². The number of hydrogen-bond acceptors (Lipinski definition) is 4. The lowest BCUT2D eigenvalue weighted by Crippen LogP contribution is -2.41. The maximum absolute atomic E-state index is 13.3. The maximum Gasteiger partial charge on any atom is 0.488 e. The zero-order valence-corrected chi connectivity index (χ0v) is 9.67. The lowest BCUT2D eigenvalue weighted by atomic mass is 9.79. The van der Waals surface area contributed by atoms with Crippen molar-refractivity contribution in [3.8, 4) is 0 Å².